The van der Waals surface area contributed by atoms with Gasteiger partial charge in [0.2, 0.25) is 5.91 Å². The summed E-state index contributed by atoms with van der Waals surface area (Å²) < 4.78 is 0. The van der Waals surface area contributed by atoms with Crippen LogP contribution in [0.3, 0.4) is 0 Å². The van der Waals surface area contributed by atoms with Crippen LogP contribution < -0.4 is 10.9 Å². The minimum Gasteiger partial charge on any atom is -0.299 e. The van der Waals surface area contributed by atoms with Gasteiger partial charge in [-0.3, -0.25) is 15.6 Å². The number of benzene rings is 1. The number of rotatable bonds is 4. The van der Waals surface area contributed by atoms with Crippen LogP contribution in [0.1, 0.15) is 24.0 Å². The van der Waals surface area contributed by atoms with E-state index >= 15 is 0 Å². The van der Waals surface area contributed by atoms with E-state index in [0.717, 1.165) is 18.4 Å². The number of nitrogens with zero attached hydrogens (tertiary/aromatic N) is 1. The Morgan fingerprint density at radius 2 is 1.94 bits per heavy atom. The van der Waals surface area contributed by atoms with Crippen molar-refractivity contribution < 1.29 is 4.79 Å². The highest BCUT2D eigenvalue weighted by Crippen LogP contribution is 2.28. The Balaban J connectivity index is 1.90. The zero-order chi connectivity index (χ0) is 12.3. The number of hydrogen-bond donors (Lipinski definition) is 2. The van der Waals surface area contributed by atoms with E-state index in [1.54, 1.807) is 24.3 Å². The van der Waals surface area contributed by atoms with Gasteiger partial charge in [0, 0.05) is 5.92 Å². The molecule has 0 bridgehead atoms. The number of carbonyl (C=O) groups is 1. The molecule has 0 radical (unpaired) electrons. The van der Waals surface area contributed by atoms with E-state index in [2.05, 4.69) is 17.4 Å². The van der Waals surface area contributed by atoms with Gasteiger partial charge in [-0.25, -0.2) is 0 Å². The summed E-state index contributed by atoms with van der Waals surface area (Å²) in [6.45, 7) is 3.82. The first-order chi connectivity index (χ1) is 8.20. The molecule has 2 rings (SSSR count). The predicted octanol–water partition coefficient (Wildman–Crippen LogP) is 1.56. The molecule has 1 saturated carbocycles. The van der Waals surface area contributed by atoms with Crippen molar-refractivity contribution in [3.63, 3.8) is 0 Å². The topological polar surface area (TPSA) is 64.9 Å². The van der Waals surface area contributed by atoms with E-state index in [9.17, 15) is 4.79 Å². The van der Waals surface area contributed by atoms with E-state index in [0.29, 0.717) is 11.3 Å². The second kappa shape index (κ2) is 4.71. The summed E-state index contributed by atoms with van der Waals surface area (Å²) in [6.07, 6.45) is 1.94. The van der Waals surface area contributed by atoms with E-state index in [4.69, 9.17) is 5.26 Å². The number of nitriles is 1. The van der Waals surface area contributed by atoms with Crippen molar-refractivity contribution in [3.05, 3.63) is 42.0 Å². The molecule has 0 unspecified atom stereocenters. The molecule has 0 saturated heterocycles. The first kappa shape index (κ1) is 11.2. The molecule has 0 aliphatic heterocycles. The first-order valence-electron chi connectivity index (χ1n) is 5.46. The number of amides is 1. The van der Waals surface area contributed by atoms with E-state index in [-0.39, 0.29) is 11.8 Å². The van der Waals surface area contributed by atoms with Crippen molar-refractivity contribution in [1.29, 1.82) is 5.26 Å². The molecule has 0 heterocycles. The Labute approximate surface area is 99.9 Å². The molecule has 1 amide bonds. The van der Waals surface area contributed by atoms with Crippen molar-refractivity contribution in [2.75, 3.05) is 0 Å². The molecular weight excluding hydrogens is 214 g/mol. The Bertz CT molecular complexity index is 480. The van der Waals surface area contributed by atoms with Gasteiger partial charge in [0.1, 0.15) is 0 Å². The second-order valence-corrected chi connectivity index (χ2v) is 4.06. The smallest absolute Gasteiger partial charge is 0.241 e. The summed E-state index contributed by atoms with van der Waals surface area (Å²) in [5, 5.41) is 8.67. The Morgan fingerprint density at radius 1 is 1.29 bits per heavy atom. The van der Waals surface area contributed by atoms with Crippen LogP contribution in [0.4, 0.5) is 0 Å². The van der Waals surface area contributed by atoms with E-state index < -0.39 is 0 Å². The molecule has 1 aliphatic carbocycles. The zero-order valence-electron chi connectivity index (χ0n) is 9.36. The molecule has 1 aromatic carbocycles. The summed E-state index contributed by atoms with van der Waals surface area (Å²) >= 11 is 0. The van der Waals surface area contributed by atoms with E-state index in [1.165, 1.54) is 0 Å². The van der Waals surface area contributed by atoms with Crippen molar-refractivity contribution in [3.8, 4) is 6.07 Å². The van der Waals surface area contributed by atoms with Gasteiger partial charge in [0.05, 0.1) is 17.3 Å². The van der Waals surface area contributed by atoms with Gasteiger partial charge in [-0.05, 0) is 30.5 Å². The quantitative estimate of drug-likeness (QED) is 0.767. The van der Waals surface area contributed by atoms with Gasteiger partial charge in [-0.2, -0.15) is 5.26 Å². The molecule has 0 atom stereocenters. The number of hydrazine groups is 1. The van der Waals surface area contributed by atoms with Crippen LogP contribution in [0.2, 0.25) is 0 Å². The molecule has 4 nitrogen and oxygen atoms in total. The van der Waals surface area contributed by atoms with Crippen LogP contribution in [0.15, 0.2) is 30.8 Å². The third kappa shape index (κ3) is 2.85. The van der Waals surface area contributed by atoms with Gasteiger partial charge < -0.3 is 0 Å². The average molecular weight is 227 g/mol. The lowest BCUT2D eigenvalue weighted by molar-refractivity contribution is -0.122. The third-order valence-corrected chi connectivity index (χ3v) is 2.65. The molecule has 17 heavy (non-hydrogen) atoms. The monoisotopic (exact) mass is 227 g/mol. The van der Waals surface area contributed by atoms with Crippen LogP contribution in [0, 0.1) is 17.2 Å². The van der Waals surface area contributed by atoms with Gasteiger partial charge in [0.25, 0.3) is 0 Å². The fraction of sp³-hybridized carbons (Fsp3) is 0.231. The molecule has 1 aliphatic rings. The fourth-order valence-electron chi connectivity index (χ4n) is 1.40. The van der Waals surface area contributed by atoms with Crippen molar-refractivity contribution in [1.82, 2.24) is 10.9 Å². The highest BCUT2D eigenvalue weighted by atomic mass is 16.2. The summed E-state index contributed by atoms with van der Waals surface area (Å²) in [7, 11) is 0. The third-order valence-electron chi connectivity index (χ3n) is 2.65. The zero-order valence-corrected chi connectivity index (χ0v) is 9.36. The average Bonchev–Trinajstić information content (AvgIpc) is 3.20. The van der Waals surface area contributed by atoms with Crippen LogP contribution in [0.25, 0.3) is 5.70 Å². The SMILES string of the molecule is C=C(NNC(=O)C1CC1)c1ccc(C#N)cc1. The highest BCUT2D eigenvalue weighted by molar-refractivity contribution is 5.81. The summed E-state index contributed by atoms with van der Waals surface area (Å²) in [5.41, 5.74) is 7.46. The van der Waals surface area contributed by atoms with Gasteiger partial charge in [0.15, 0.2) is 0 Å². The lowest BCUT2D eigenvalue weighted by Crippen LogP contribution is -2.36. The molecule has 1 fully saturated rings. The van der Waals surface area contributed by atoms with Gasteiger partial charge in [-0.15, -0.1) is 0 Å². The minimum atomic E-state index is 0.0137. The first-order valence-corrected chi connectivity index (χ1v) is 5.46. The van der Waals surface area contributed by atoms with Gasteiger partial charge in [-0.1, -0.05) is 18.7 Å². The van der Waals surface area contributed by atoms with Crippen LogP contribution >= 0.6 is 0 Å². The lowest BCUT2D eigenvalue weighted by atomic mass is 10.1. The maximum Gasteiger partial charge on any atom is 0.241 e. The molecule has 86 valence electrons. The standard InChI is InChI=1S/C13H13N3O/c1-9(15-16-13(17)12-6-7-12)11-4-2-10(8-14)3-5-11/h2-5,12,15H,1,6-7H2,(H,16,17). The summed E-state index contributed by atoms with van der Waals surface area (Å²) in [4.78, 5) is 11.4. The Hall–Kier alpha value is -2.28. The minimum absolute atomic E-state index is 0.0137. The molecule has 4 heteroatoms. The highest BCUT2D eigenvalue weighted by Gasteiger charge is 2.29. The van der Waals surface area contributed by atoms with E-state index in [1.807, 2.05) is 6.07 Å². The van der Waals surface area contributed by atoms with Crippen LogP contribution in [0.5, 0.6) is 0 Å². The number of carbonyl (C=O) groups excluding carboxylic acids is 1. The molecule has 0 aromatic heterocycles. The van der Waals surface area contributed by atoms with Crippen molar-refractivity contribution in [2.24, 2.45) is 5.92 Å². The van der Waals surface area contributed by atoms with Crippen molar-refractivity contribution >= 4 is 11.6 Å². The van der Waals surface area contributed by atoms with Gasteiger partial charge >= 0.3 is 0 Å². The molecule has 1 aromatic rings. The number of nitrogens with one attached hydrogen (secondary N) is 2. The predicted molar refractivity (Wildman–Crippen MR) is 64.2 cm³/mol. The summed E-state index contributed by atoms with van der Waals surface area (Å²) in [5.74, 6) is 0.177. The molecule has 0 spiro atoms. The largest absolute Gasteiger partial charge is 0.299 e. The fourth-order valence-corrected chi connectivity index (χ4v) is 1.40. The summed E-state index contributed by atoms with van der Waals surface area (Å²) in [6, 6.07) is 9.05. The maximum atomic E-state index is 11.4. The van der Waals surface area contributed by atoms with Crippen molar-refractivity contribution in [2.45, 2.75) is 12.8 Å². The molecular formula is C13H13N3O. The maximum absolute atomic E-state index is 11.4. The number of hydrogen-bond acceptors (Lipinski definition) is 3. The van der Waals surface area contributed by atoms with Crippen LogP contribution in [-0.4, -0.2) is 5.91 Å². The van der Waals surface area contributed by atoms with Crippen LogP contribution in [-0.2, 0) is 4.79 Å². The second-order valence-electron chi connectivity index (χ2n) is 4.06. The Kier molecular flexibility index (Phi) is 3.10. The normalized spacial score (nSPS) is 13.6. The Morgan fingerprint density at radius 3 is 2.47 bits per heavy atom. The lowest BCUT2D eigenvalue weighted by Gasteiger charge is -2.10. The molecule has 2 N–H and O–H groups in total.